The number of ether oxygens (including phenoxy) is 1. The van der Waals surface area contributed by atoms with Gasteiger partial charge in [-0.2, -0.15) is 0 Å². The van der Waals surface area contributed by atoms with Gasteiger partial charge in [-0.1, -0.05) is 6.07 Å². The molecule has 3 rings (SSSR count). The molecule has 2 unspecified atom stereocenters. The Morgan fingerprint density at radius 2 is 2.08 bits per heavy atom. The minimum atomic E-state index is 0.0436. The third-order valence-corrected chi connectivity index (χ3v) is 5.13. The van der Waals surface area contributed by atoms with Crippen LogP contribution in [0.3, 0.4) is 0 Å². The molecule has 0 spiro atoms. The van der Waals surface area contributed by atoms with Crippen molar-refractivity contribution in [3.05, 3.63) is 54.1 Å². The molecule has 1 fully saturated rings. The number of nitrogens with zero attached hydrogens (tertiary/aromatic N) is 3. The molecule has 0 radical (unpaired) electrons. The Morgan fingerprint density at radius 1 is 1.27 bits per heavy atom. The van der Waals surface area contributed by atoms with Crippen molar-refractivity contribution in [2.24, 2.45) is 0 Å². The van der Waals surface area contributed by atoms with Gasteiger partial charge in [0, 0.05) is 44.4 Å². The van der Waals surface area contributed by atoms with Gasteiger partial charge in [-0.25, -0.2) is 0 Å². The van der Waals surface area contributed by atoms with E-state index in [9.17, 15) is 0 Å². The second-order valence-corrected chi connectivity index (χ2v) is 8.08. The summed E-state index contributed by atoms with van der Waals surface area (Å²) in [6.45, 7) is 8.21. The van der Waals surface area contributed by atoms with Crippen LogP contribution >= 0.6 is 12.2 Å². The van der Waals surface area contributed by atoms with E-state index in [0.29, 0.717) is 0 Å². The number of hydrogen-bond acceptors (Lipinski definition) is 3. The fourth-order valence-corrected chi connectivity index (χ4v) is 3.73. The van der Waals surface area contributed by atoms with E-state index in [-0.39, 0.29) is 17.6 Å². The average molecular weight is 373 g/mol. The standard InChI is InChI=1S/C20H28N4OS/c1-20(2,3)23-12-9-15(14-23)18-17(16-8-5-6-10-21-16)22-19(26)24(18)11-7-13-25-4/h5-6,8-10,12,14,17-18H,7,11,13H2,1-4H3,(H,22,26). The van der Waals surface area contributed by atoms with Crippen molar-refractivity contribution in [3.8, 4) is 0 Å². The maximum absolute atomic E-state index is 5.66. The highest BCUT2D eigenvalue weighted by atomic mass is 32.1. The number of methoxy groups -OCH3 is 1. The zero-order valence-corrected chi connectivity index (χ0v) is 16.8. The smallest absolute Gasteiger partial charge is 0.170 e. The third-order valence-electron chi connectivity index (χ3n) is 4.78. The Morgan fingerprint density at radius 3 is 2.69 bits per heavy atom. The predicted octanol–water partition coefficient (Wildman–Crippen LogP) is 3.65. The summed E-state index contributed by atoms with van der Waals surface area (Å²) in [4.78, 5) is 6.85. The van der Waals surface area contributed by atoms with Gasteiger partial charge in [-0.3, -0.25) is 4.98 Å². The first-order chi connectivity index (χ1) is 12.4. The quantitative estimate of drug-likeness (QED) is 0.619. The molecule has 26 heavy (non-hydrogen) atoms. The first-order valence-corrected chi connectivity index (χ1v) is 9.48. The average Bonchev–Trinajstić information content (AvgIpc) is 3.21. The van der Waals surface area contributed by atoms with Crippen LogP contribution in [-0.2, 0) is 10.3 Å². The number of rotatable bonds is 6. The maximum Gasteiger partial charge on any atom is 0.170 e. The Labute approximate surface area is 161 Å². The van der Waals surface area contributed by atoms with Crippen LogP contribution in [0.1, 0.15) is 50.5 Å². The van der Waals surface area contributed by atoms with Gasteiger partial charge in [0.25, 0.3) is 0 Å². The van der Waals surface area contributed by atoms with Gasteiger partial charge in [-0.15, -0.1) is 0 Å². The van der Waals surface area contributed by atoms with Crippen molar-refractivity contribution in [2.75, 3.05) is 20.3 Å². The molecular formula is C20H28N4OS. The lowest BCUT2D eigenvalue weighted by Crippen LogP contribution is -2.31. The van der Waals surface area contributed by atoms with Gasteiger partial charge in [0.05, 0.1) is 17.8 Å². The molecule has 140 valence electrons. The topological polar surface area (TPSA) is 42.3 Å². The third kappa shape index (κ3) is 3.91. The highest BCUT2D eigenvalue weighted by Gasteiger charge is 2.40. The van der Waals surface area contributed by atoms with Crippen LogP contribution in [0.15, 0.2) is 42.9 Å². The zero-order valence-electron chi connectivity index (χ0n) is 16.0. The lowest BCUT2D eigenvalue weighted by Gasteiger charge is -2.27. The largest absolute Gasteiger partial charge is 0.385 e. The second kappa shape index (κ2) is 7.76. The summed E-state index contributed by atoms with van der Waals surface area (Å²) in [5, 5.41) is 4.27. The van der Waals surface area contributed by atoms with Gasteiger partial charge in [0.2, 0.25) is 0 Å². The van der Waals surface area contributed by atoms with Crippen LogP contribution in [-0.4, -0.2) is 39.8 Å². The van der Waals surface area contributed by atoms with Gasteiger partial charge in [-0.05, 0) is 63.2 Å². The molecule has 1 saturated heterocycles. The summed E-state index contributed by atoms with van der Waals surface area (Å²) in [5.74, 6) is 0. The molecule has 0 aliphatic carbocycles. The van der Waals surface area contributed by atoms with Gasteiger partial charge < -0.3 is 19.5 Å². The summed E-state index contributed by atoms with van der Waals surface area (Å²) in [6, 6.07) is 8.40. The lowest BCUT2D eigenvalue weighted by molar-refractivity contribution is 0.180. The predicted molar refractivity (Wildman–Crippen MR) is 108 cm³/mol. The molecule has 2 aromatic heterocycles. The molecule has 3 heterocycles. The van der Waals surface area contributed by atoms with E-state index in [2.05, 4.69) is 65.1 Å². The first kappa shape index (κ1) is 18.9. The summed E-state index contributed by atoms with van der Waals surface area (Å²) >= 11 is 5.66. The van der Waals surface area contributed by atoms with E-state index in [1.807, 2.05) is 18.3 Å². The van der Waals surface area contributed by atoms with Crippen molar-refractivity contribution in [3.63, 3.8) is 0 Å². The number of pyridine rings is 1. The minimum absolute atomic E-state index is 0.0436. The molecule has 0 bridgehead atoms. The molecule has 2 atom stereocenters. The fourth-order valence-electron chi connectivity index (χ4n) is 3.39. The Bertz CT molecular complexity index is 738. The van der Waals surface area contributed by atoms with Crippen molar-refractivity contribution >= 4 is 17.3 Å². The van der Waals surface area contributed by atoms with E-state index in [4.69, 9.17) is 17.0 Å². The lowest BCUT2D eigenvalue weighted by atomic mass is 9.99. The van der Waals surface area contributed by atoms with Crippen LogP contribution in [0.5, 0.6) is 0 Å². The van der Waals surface area contributed by atoms with Gasteiger partial charge in [0.1, 0.15) is 0 Å². The second-order valence-electron chi connectivity index (χ2n) is 7.69. The monoisotopic (exact) mass is 372 g/mol. The minimum Gasteiger partial charge on any atom is -0.385 e. The zero-order chi connectivity index (χ0) is 18.7. The molecule has 1 aliphatic heterocycles. The Kier molecular flexibility index (Phi) is 5.63. The molecule has 1 N–H and O–H groups in total. The highest BCUT2D eigenvalue weighted by Crippen LogP contribution is 2.39. The van der Waals surface area contributed by atoms with Crippen LogP contribution in [0.4, 0.5) is 0 Å². The molecule has 0 aromatic carbocycles. The van der Waals surface area contributed by atoms with Crippen molar-refractivity contribution in [1.29, 1.82) is 0 Å². The van der Waals surface area contributed by atoms with Crippen molar-refractivity contribution in [1.82, 2.24) is 19.8 Å². The number of hydrogen-bond donors (Lipinski definition) is 1. The summed E-state index contributed by atoms with van der Waals surface area (Å²) in [5.41, 5.74) is 2.31. The fraction of sp³-hybridized carbons (Fsp3) is 0.500. The normalized spacial score (nSPS) is 20.5. The molecule has 0 saturated carbocycles. The van der Waals surface area contributed by atoms with Crippen LogP contribution in [0, 0.1) is 0 Å². The molecule has 6 heteroatoms. The molecular weight excluding hydrogens is 344 g/mol. The molecule has 2 aromatic rings. The van der Waals surface area contributed by atoms with E-state index in [0.717, 1.165) is 30.4 Å². The Balaban J connectivity index is 1.95. The van der Waals surface area contributed by atoms with E-state index in [1.54, 1.807) is 7.11 Å². The van der Waals surface area contributed by atoms with Crippen LogP contribution in [0.2, 0.25) is 0 Å². The van der Waals surface area contributed by atoms with E-state index < -0.39 is 0 Å². The number of nitrogens with one attached hydrogen (secondary N) is 1. The van der Waals surface area contributed by atoms with Gasteiger partial charge >= 0.3 is 0 Å². The first-order valence-electron chi connectivity index (χ1n) is 9.07. The summed E-state index contributed by atoms with van der Waals surface area (Å²) in [6.07, 6.45) is 7.16. The molecule has 1 aliphatic rings. The Hall–Kier alpha value is -1.92. The number of aromatic nitrogens is 2. The molecule has 0 amide bonds. The van der Waals surface area contributed by atoms with E-state index >= 15 is 0 Å². The van der Waals surface area contributed by atoms with Crippen molar-refractivity contribution < 1.29 is 4.74 Å². The number of thiocarbonyl (C=S) groups is 1. The van der Waals surface area contributed by atoms with Crippen LogP contribution in [0.25, 0.3) is 0 Å². The SMILES string of the molecule is COCCCN1C(=S)NC(c2ccccn2)C1c1ccn(C(C)(C)C)c1. The van der Waals surface area contributed by atoms with Crippen LogP contribution < -0.4 is 5.32 Å². The highest BCUT2D eigenvalue weighted by molar-refractivity contribution is 7.80. The summed E-state index contributed by atoms with van der Waals surface area (Å²) in [7, 11) is 1.73. The van der Waals surface area contributed by atoms with Gasteiger partial charge in [0.15, 0.2) is 5.11 Å². The van der Waals surface area contributed by atoms with E-state index in [1.165, 1.54) is 5.56 Å². The maximum atomic E-state index is 5.66. The molecule has 5 nitrogen and oxygen atoms in total. The van der Waals surface area contributed by atoms with Crippen molar-refractivity contribution in [2.45, 2.75) is 44.8 Å². The summed E-state index contributed by atoms with van der Waals surface area (Å²) < 4.78 is 7.49.